The van der Waals surface area contributed by atoms with E-state index in [4.69, 9.17) is 8.83 Å². The molecule has 1 fully saturated rings. The third-order valence-electron chi connectivity index (χ3n) is 4.49. The van der Waals surface area contributed by atoms with E-state index in [0.29, 0.717) is 50.0 Å². The third-order valence-corrected chi connectivity index (χ3v) is 4.49. The normalized spacial score (nSPS) is 14.1. The van der Waals surface area contributed by atoms with Gasteiger partial charge in [0.15, 0.2) is 5.76 Å². The Morgan fingerprint density at radius 2 is 1.57 bits per heavy atom. The van der Waals surface area contributed by atoms with E-state index in [9.17, 15) is 9.59 Å². The Labute approximate surface area is 161 Å². The van der Waals surface area contributed by atoms with Gasteiger partial charge in [-0.1, -0.05) is 0 Å². The van der Waals surface area contributed by atoms with Crippen molar-refractivity contribution in [3.05, 3.63) is 66.3 Å². The van der Waals surface area contributed by atoms with E-state index in [1.54, 1.807) is 28.2 Å². The van der Waals surface area contributed by atoms with Crippen LogP contribution in [0.15, 0.2) is 58.0 Å². The van der Waals surface area contributed by atoms with Crippen molar-refractivity contribution in [2.75, 3.05) is 31.5 Å². The first-order chi connectivity index (χ1) is 13.7. The van der Waals surface area contributed by atoms with Crippen LogP contribution in [0.25, 0.3) is 0 Å². The highest BCUT2D eigenvalue weighted by atomic mass is 16.3. The van der Waals surface area contributed by atoms with Crippen molar-refractivity contribution in [3.8, 4) is 0 Å². The molecule has 0 spiro atoms. The number of rotatable bonds is 5. The SMILES string of the molecule is O=C(c1cnc(NCc2ccco2)nc1)N1CCN(C(=O)c2ccco2)CC1. The molecule has 28 heavy (non-hydrogen) atoms. The predicted octanol–water partition coefficient (Wildman–Crippen LogP) is 1.87. The van der Waals surface area contributed by atoms with Crippen LogP contribution < -0.4 is 5.32 Å². The van der Waals surface area contributed by atoms with Gasteiger partial charge in [0.1, 0.15) is 5.76 Å². The summed E-state index contributed by atoms with van der Waals surface area (Å²) in [6.07, 6.45) is 6.07. The number of carbonyl (C=O) groups excluding carboxylic acids is 2. The number of piperazine rings is 1. The monoisotopic (exact) mass is 381 g/mol. The Bertz CT molecular complexity index is 914. The van der Waals surface area contributed by atoms with E-state index < -0.39 is 0 Å². The molecule has 0 atom stereocenters. The van der Waals surface area contributed by atoms with Crippen molar-refractivity contribution in [2.45, 2.75) is 6.54 Å². The van der Waals surface area contributed by atoms with Crippen molar-refractivity contribution >= 4 is 17.8 Å². The van der Waals surface area contributed by atoms with Crippen molar-refractivity contribution in [3.63, 3.8) is 0 Å². The summed E-state index contributed by atoms with van der Waals surface area (Å²) >= 11 is 0. The topological polar surface area (TPSA) is 105 Å². The predicted molar refractivity (Wildman–Crippen MR) is 98.6 cm³/mol. The van der Waals surface area contributed by atoms with Gasteiger partial charge in [-0.3, -0.25) is 9.59 Å². The number of hydrogen-bond acceptors (Lipinski definition) is 7. The van der Waals surface area contributed by atoms with Crippen molar-refractivity contribution in [1.29, 1.82) is 0 Å². The fourth-order valence-corrected chi connectivity index (χ4v) is 2.96. The van der Waals surface area contributed by atoms with Gasteiger partial charge < -0.3 is 24.0 Å². The maximum absolute atomic E-state index is 12.6. The van der Waals surface area contributed by atoms with Crippen LogP contribution in [0.3, 0.4) is 0 Å². The molecule has 3 aromatic rings. The molecule has 4 rings (SSSR count). The first-order valence-electron chi connectivity index (χ1n) is 8.91. The molecule has 0 aromatic carbocycles. The van der Waals surface area contributed by atoms with Crippen LogP contribution in [0.1, 0.15) is 26.7 Å². The van der Waals surface area contributed by atoms with Gasteiger partial charge in [-0.25, -0.2) is 9.97 Å². The summed E-state index contributed by atoms with van der Waals surface area (Å²) in [4.78, 5) is 36.7. The highest BCUT2D eigenvalue weighted by Crippen LogP contribution is 2.12. The van der Waals surface area contributed by atoms with Gasteiger partial charge >= 0.3 is 0 Å². The standard InChI is InChI=1S/C19H19N5O4/c25-17(14-11-20-19(21-12-14)22-13-15-3-1-9-27-15)23-5-7-24(8-6-23)18(26)16-4-2-10-28-16/h1-4,9-12H,5-8,13H2,(H,20,21,22). The lowest BCUT2D eigenvalue weighted by atomic mass is 10.2. The maximum Gasteiger partial charge on any atom is 0.289 e. The second-order valence-corrected chi connectivity index (χ2v) is 6.29. The average Bonchev–Trinajstić information content (AvgIpc) is 3.46. The molecular weight excluding hydrogens is 362 g/mol. The van der Waals surface area contributed by atoms with Crippen LogP contribution in [0, 0.1) is 0 Å². The molecule has 0 radical (unpaired) electrons. The van der Waals surface area contributed by atoms with Crippen LogP contribution in [-0.4, -0.2) is 57.8 Å². The Balaban J connectivity index is 1.30. The molecule has 144 valence electrons. The highest BCUT2D eigenvalue weighted by Gasteiger charge is 2.26. The molecule has 9 heteroatoms. The number of nitrogens with zero attached hydrogens (tertiary/aromatic N) is 4. The molecule has 0 bridgehead atoms. The average molecular weight is 381 g/mol. The minimum atomic E-state index is -0.160. The van der Waals surface area contributed by atoms with Gasteiger partial charge in [-0.15, -0.1) is 0 Å². The minimum Gasteiger partial charge on any atom is -0.467 e. The number of hydrogen-bond donors (Lipinski definition) is 1. The van der Waals surface area contributed by atoms with Gasteiger partial charge in [0, 0.05) is 38.6 Å². The first kappa shape index (κ1) is 17.8. The van der Waals surface area contributed by atoms with E-state index in [1.165, 1.54) is 18.7 Å². The van der Waals surface area contributed by atoms with Gasteiger partial charge in [-0.2, -0.15) is 0 Å². The number of amides is 2. The lowest BCUT2D eigenvalue weighted by Gasteiger charge is -2.34. The van der Waals surface area contributed by atoms with E-state index in [1.807, 2.05) is 12.1 Å². The van der Waals surface area contributed by atoms with Crippen LogP contribution >= 0.6 is 0 Å². The molecule has 3 aromatic heterocycles. The summed E-state index contributed by atoms with van der Waals surface area (Å²) in [6, 6.07) is 6.97. The quantitative estimate of drug-likeness (QED) is 0.719. The zero-order valence-corrected chi connectivity index (χ0v) is 15.1. The fraction of sp³-hybridized carbons (Fsp3) is 0.263. The molecular formula is C19H19N5O4. The molecule has 9 nitrogen and oxygen atoms in total. The van der Waals surface area contributed by atoms with E-state index in [2.05, 4.69) is 15.3 Å². The second kappa shape index (κ2) is 7.95. The van der Waals surface area contributed by atoms with Crippen LogP contribution in [0.4, 0.5) is 5.95 Å². The number of anilines is 1. The van der Waals surface area contributed by atoms with Crippen LogP contribution in [0.2, 0.25) is 0 Å². The van der Waals surface area contributed by atoms with E-state index >= 15 is 0 Å². The lowest BCUT2D eigenvalue weighted by Crippen LogP contribution is -2.50. The molecule has 1 aliphatic rings. The molecule has 2 amide bonds. The summed E-state index contributed by atoms with van der Waals surface area (Å²) in [5.74, 6) is 1.19. The van der Waals surface area contributed by atoms with Gasteiger partial charge in [0.2, 0.25) is 5.95 Å². The Morgan fingerprint density at radius 1 is 0.929 bits per heavy atom. The molecule has 4 heterocycles. The van der Waals surface area contributed by atoms with E-state index in [0.717, 1.165) is 5.76 Å². The molecule has 1 N–H and O–H groups in total. The Morgan fingerprint density at radius 3 is 2.18 bits per heavy atom. The smallest absolute Gasteiger partial charge is 0.289 e. The number of carbonyl (C=O) groups is 2. The number of aromatic nitrogens is 2. The fourth-order valence-electron chi connectivity index (χ4n) is 2.96. The highest BCUT2D eigenvalue weighted by molar-refractivity contribution is 5.94. The number of nitrogens with one attached hydrogen (secondary N) is 1. The summed E-state index contributed by atoms with van der Waals surface area (Å²) in [5, 5.41) is 3.03. The molecule has 1 saturated heterocycles. The van der Waals surface area contributed by atoms with Gasteiger partial charge in [0.05, 0.1) is 24.6 Å². The maximum atomic E-state index is 12.6. The van der Waals surface area contributed by atoms with Crippen molar-refractivity contribution in [1.82, 2.24) is 19.8 Å². The number of furan rings is 2. The van der Waals surface area contributed by atoms with Gasteiger partial charge in [-0.05, 0) is 24.3 Å². The van der Waals surface area contributed by atoms with E-state index in [-0.39, 0.29) is 11.8 Å². The van der Waals surface area contributed by atoms with Gasteiger partial charge in [0.25, 0.3) is 11.8 Å². The molecule has 0 unspecified atom stereocenters. The van der Waals surface area contributed by atoms with Crippen LogP contribution in [0.5, 0.6) is 0 Å². The summed E-state index contributed by atoms with van der Waals surface area (Å²) < 4.78 is 10.4. The van der Waals surface area contributed by atoms with Crippen molar-refractivity contribution in [2.24, 2.45) is 0 Å². The summed E-state index contributed by atoms with van der Waals surface area (Å²) in [5.41, 5.74) is 0.411. The molecule has 0 saturated carbocycles. The first-order valence-corrected chi connectivity index (χ1v) is 8.91. The minimum absolute atomic E-state index is 0.150. The molecule has 0 aliphatic carbocycles. The Kier molecular flexibility index (Phi) is 5.05. The largest absolute Gasteiger partial charge is 0.467 e. The van der Waals surface area contributed by atoms with Crippen molar-refractivity contribution < 1.29 is 18.4 Å². The van der Waals surface area contributed by atoms with Crippen LogP contribution in [-0.2, 0) is 6.54 Å². The summed E-state index contributed by atoms with van der Waals surface area (Å²) in [7, 11) is 0. The zero-order valence-electron chi connectivity index (χ0n) is 15.1. The summed E-state index contributed by atoms with van der Waals surface area (Å²) in [6.45, 7) is 2.27. The Hall–Kier alpha value is -3.62. The zero-order chi connectivity index (χ0) is 19.3. The second-order valence-electron chi connectivity index (χ2n) is 6.29. The third kappa shape index (κ3) is 3.88. The molecule has 1 aliphatic heterocycles. The lowest BCUT2D eigenvalue weighted by molar-refractivity contribution is 0.0517.